The fourth-order valence-electron chi connectivity index (χ4n) is 4.81. The predicted octanol–water partition coefficient (Wildman–Crippen LogP) is 9.23. The van der Waals surface area contributed by atoms with Crippen LogP contribution in [-0.4, -0.2) is 0 Å². The van der Waals surface area contributed by atoms with Gasteiger partial charge in [-0.15, -0.1) is 0 Å². The first-order valence-electron chi connectivity index (χ1n) is 13.4. The van der Waals surface area contributed by atoms with Gasteiger partial charge in [-0.25, -0.2) is 0 Å². The van der Waals surface area contributed by atoms with Crippen molar-refractivity contribution in [3.05, 3.63) is 121 Å². The first kappa shape index (κ1) is 13.9. The lowest BCUT2D eigenvalue weighted by molar-refractivity contribution is 0.673. The van der Waals surface area contributed by atoms with E-state index in [4.69, 9.17) is 11.3 Å². The van der Waals surface area contributed by atoms with Crippen molar-refractivity contribution in [1.82, 2.24) is 0 Å². The van der Waals surface area contributed by atoms with E-state index in [2.05, 4.69) is 42.5 Å². The number of hydrogen-bond donors (Lipinski definition) is 0. The molecular weight excluding hydrogens is 400 g/mol. The monoisotopic (exact) mass is 425 g/mol. The van der Waals surface area contributed by atoms with Gasteiger partial charge in [0, 0.05) is 16.2 Å². The van der Waals surface area contributed by atoms with E-state index in [0.29, 0.717) is 11.1 Å². The second-order valence-electron chi connectivity index (χ2n) is 8.19. The Morgan fingerprint density at radius 1 is 0.485 bits per heavy atom. The molecule has 0 radical (unpaired) electrons. The van der Waals surface area contributed by atoms with Crippen molar-refractivity contribution in [2.24, 2.45) is 0 Å². The first-order valence-corrected chi connectivity index (χ1v) is 10.9. The van der Waals surface area contributed by atoms with Gasteiger partial charge in [0.2, 0.25) is 0 Å². The number of hydrogen-bond acceptors (Lipinski definition) is 1. The predicted molar refractivity (Wildman–Crippen MR) is 140 cm³/mol. The van der Waals surface area contributed by atoms with Crippen molar-refractivity contribution < 1.29 is 11.3 Å². The number of furan rings is 1. The maximum atomic E-state index is 8.39. The van der Waals surface area contributed by atoms with Gasteiger partial charge in [0.15, 0.2) is 0 Å². The molecule has 0 fully saturated rings. The third-order valence-corrected chi connectivity index (χ3v) is 6.34. The zero-order chi connectivity index (χ0) is 26.1. The summed E-state index contributed by atoms with van der Waals surface area (Å²) in [7, 11) is 0. The summed E-state index contributed by atoms with van der Waals surface area (Å²) in [5.41, 5.74) is 4.34. The minimum absolute atomic E-state index is 0.167. The molecule has 0 unspecified atom stereocenters. The van der Waals surface area contributed by atoms with Crippen LogP contribution in [0.5, 0.6) is 0 Å². The highest BCUT2D eigenvalue weighted by atomic mass is 16.3. The van der Waals surface area contributed by atoms with Crippen LogP contribution in [0.25, 0.3) is 65.7 Å². The number of benzene rings is 6. The summed E-state index contributed by atoms with van der Waals surface area (Å²) in [5.74, 6) is 0. The molecule has 0 aliphatic heterocycles. The third-order valence-electron chi connectivity index (χ3n) is 6.34. The number of rotatable bonds is 2. The smallest absolute Gasteiger partial charge is 0.143 e. The van der Waals surface area contributed by atoms with Crippen molar-refractivity contribution in [3.8, 4) is 22.3 Å². The second-order valence-corrected chi connectivity index (χ2v) is 8.19. The van der Waals surface area contributed by atoms with Crippen LogP contribution in [0.1, 0.15) is 6.85 Å². The SMILES string of the molecule is [2H]c1c([2H])c([2H])c(-c2ccc3c(c2)oc2c4ccc(-c5ccccc5)cc4c4ccccc4c32)c([2H])c1[2H]. The Bertz CT molecular complexity index is 2050. The molecule has 7 rings (SSSR count). The van der Waals surface area contributed by atoms with Gasteiger partial charge in [0.1, 0.15) is 11.2 Å². The van der Waals surface area contributed by atoms with Gasteiger partial charge < -0.3 is 4.42 Å². The van der Waals surface area contributed by atoms with Gasteiger partial charge in [-0.3, -0.25) is 0 Å². The summed E-state index contributed by atoms with van der Waals surface area (Å²) in [6, 6.07) is 29.0. The maximum absolute atomic E-state index is 8.39. The van der Waals surface area contributed by atoms with Crippen LogP contribution in [0.4, 0.5) is 0 Å². The molecule has 0 bridgehead atoms. The van der Waals surface area contributed by atoms with Crippen molar-refractivity contribution in [2.75, 3.05) is 0 Å². The van der Waals surface area contributed by atoms with Crippen LogP contribution in [0.3, 0.4) is 0 Å². The van der Waals surface area contributed by atoms with Gasteiger partial charge >= 0.3 is 0 Å². The van der Waals surface area contributed by atoms with Gasteiger partial charge in [0.05, 0.1) is 6.85 Å². The Labute approximate surface area is 198 Å². The highest BCUT2D eigenvalue weighted by Crippen LogP contribution is 2.42. The van der Waals surface area contributed by atoms with Crippen LogP contribution in [0, 0.1) is 0 Å². The summed E-state index contributed by atoms with van der Waals surface area (Å²) in [4.78, 5) is 0. The Balaban J connectivity index is 1.54. The molecule has 0 N–H and O–H groups in total. The largest absolute Gasteiger partial charge is 0.455 e. The molecule has 1 heteroatoms. The van der Waals surface area contributed by atoms with Gasteiger partial charge in [0.25, 0.3) is 0 Å². The van der Waals surface area contributed by atoms with Gasteiger partial charge in [-0.1, -0.05) is 96.9 Å². The van der Waals surface area contributed by atoms with E-state index in [-0.39, 0.29) is 29.7 Å². The van der Waals surface area contributed by atoms with E-state index in [1.54, 1.807) is 6.07 Å². The highest BCUT2D eigenvalue weighted by molar-refractivity contribution is 6.30. The average Bonchev–Trinajstić information content (AvgIpc) is 3.35. The van der Waals surface area contributed by atoms with E-state index < -0.39 is 6.04 Å². The lowest BCUT2D eigenvalue weighted by Crippen LogP contribution is -1.83. The molecular formula is C32H20O. The molecule has 154 valence electrons. The van der Waals surface area contributed by atoms with E-state index in [9.17, 15) is 0 Å². The minimum Gasteiger partial charge on any atom is -0.455 e. The van der Waals surface area contributed by atoms with Crippen LogP contribution >= 0.6 is 0 Å². The quantitative estimate of drug-likeness (QED) is 0.252. The van der Waals surface area contributed by atoms with E-state index in [1.165, 1.54) is 0 Å². The second kappa shape index (κ2) is 7.08. The summed E-state index contributed by atoms with van der Waals surface area (Å²) in [6.45, 7) is 0. The summed E-state index contributed by atoms with van der Waals surface area (Å²) >= 11 is 0. The van der Waals surface area contributed by atoms with E-state index in [0.717, 1.165) is 49.0 Å². The lowest BCUT2D eigenvalue weighted by atomic mass is 9.94. The van der Waals surface area contributed by atoms with Gasteiger partial charge in [-0.05, 0) is 62.7 Å². The molecule has 1 heterocycles. The highest BCUT2D eigenvalue weighted by Gasteiger charge is 2.16. The molecule has 0 aliphatic rings. The Morgan fingerprint density at radius 3 is 2.00 bits per heavy atom. The standard InChI is InChI=1S/C32H20O/c1-3-9-21(10-4-1)23-15-17-27-29(19-23)25-13-7-8-14-26(25)31-28-18-16-24(20-30(28)33-32(27)31)22-11-5-2-6-12-22/h1-20H/i2D,5D,6D,11D,12D. The molecule has 7 aromatic rings. The molecule has 0 atom stereocenters. The zero-order valence-corrected chi connectivity index (χ0v) is 17.6. The Hall–Kier alpha value is -4.36. The molecule has 0 saturated carbocycles. The summed E-state index contributed by atoms with van der Waals surface area (Å²) in [6.07, 6.45) is 0. The van der Waals surface area contributed by atoms with Crippen LogP contribution in [0.2, 0.25) is 0 Å². The van der Waals surface area contributed by atoms with E-state index in [1.807, 2.05) is 42.5 Å². The van der Waals surface area contributed by atoms with Crippen LogP contribution < -0.4 is 0 Å². The first-order chi connectivity index (χ1) is 18.4. The molecule has 33 heavy (non-hydrogen) atoms. The molecule has 1 nitrogen and oxygen atoms in total. The Kier molecular flexibility index (Phi) is 2.99. The van der Waals surface area contributed by atoms with Crippen molar-refractivity contribution >= 4 is 43.5 Å². The molecule has 1 aromatic heterocycles. The van der Waals surface area contributed by atoms with Crippen molar-refractivity contribution in [1.29, 1.82) is 0 Å². The van der Waals surface area contributed by atoms with E-state index >= 15 is 0 Å². The fourth-order valence-corrected chi connectivity index (χ4v) is 4.81. The number of fused-ring (bicyclic) bond motifs is 8. The zero-order valence-electron chi connectivity index (χ0n) is 22.6. The molecule has 6 aromatic carbocycles. The van der Waals surface area contributed by atoms with Crippen LogP contribution in [0.15, 0.2) is 126 Å². The third kappa shape index (κ3) is 2.79. The van der Waals surface area contributed by atoms with Gasteiger partial charge in [-0.2, -0.15) is 0 Å². The molecule has 0 amide bonds. The molecule has 0 aliphatic carbocycles. The topological polar surface area (TPSA) is 13.1 Å². The fraction of sp³-hybridized carbons (Fsp3) is 0. The van der Waals surface area contributed by atoms with Crippen molar-refractivity contribution in [2.45, 2.75) is 0 Å². The lowest BCUT2D eigenvalue weighted by Gasteiger charge is -2.09. The molecule has 0 spiro atoms. The summed E-state index contributed by atoms with van der Waals surface area (Å²) in [5, 5.41) is 6.22. The minimum atomic E-state index is -0.402. The summed E-state index contributed by atoms with van der Waals surface area (Å²) < 4.78 is 47.3. The Morgan fingerprint density at radius 2 is 1.18 bits per heavy atom. The van der Waals surface area contributed by atoms with Crippen LogP contribution in [-0.2, 0) is 0 Å². The average molecular weight is 426 g/mol. The molecule has 0 saturated heterocycles. The van der Waals surface area contributed by atoms with Crippen molar-refractivity contribution in [3.63, 3.8) is 0 Å². The normalized spacial score (nSPS) is 13.8. The maximum Gasteiger partial charge on any atom is 0.143 e.